The van der Waals surface area contributed by atoms with Crippen LogP contribution in [0.1, 0.15) is 19.4 Å². The van der Waals surface area contributed by atoms with Gasteiger partial charge in [0.1, 0.15) is 0 Å². The van der Waals surface area contributed by atoms with Crippen molar-refractivity contribution < 1.29 is 0 Å². The fourth-order valence-corrected chi connectivity index (χ4v) is 1.81. The molecule has 0 saturated carbocycles. The maximum Gasteiger partial charge on any atom is 0.323 e. The van der Waals surface area contributed by atoms with Gasteiger partial charge in [-0.1, -0.05) is 19.9 Å². The molecule has 18 heavy (non-hydrogen) atoms. The Morgan fingerprint density at radius 3 is 2.72 bits per heavy atom. The van der Waals surface area contributed by atoms with Crippen LogP contribution in [-0.2, 0) is 6.54 Å². The molecule has 2 aromatic rings. The van der Waals surface area contributed by atoms with Gasteiger partial charge in [-0.3, -0.25) is 0 Å². The molecule has 1 aromatic heterocycles. The number of aromatic amines is 2. The van der Waals surface area contributed by atoms with E-state index in [4.69, 9.17) is 5.73 Å². The van der Waals surface area contributed by atoms with Gasteiger partial charge in [-0.2, -0.15) is 0 Å². The number of rotatable bonds is 5. The maximum atomic E-state index is 11.1. The average molecular weight is 248 g/mol. The van der Waals surface area contributed by atoms with Crippen molar-refractivity contribution in [3.05, 3.63) is 34.2 Å². The second-order valence-electron chi connectivity index (χ2n) is 5.43. The van der Waals surface area contributed by atoms with E-state index in [1.807, 2.05) is 18.2 Å². The molecule has 0 fully saturated rings. The van der Waals surface area contributed by atoms with Crippen LogP contribution in [0.5, 0.6) is 0 Å². The zero-order valence-electron chi connectivity index (χ0n) is 10.8. The van der Waals surface area contributed by atoms with E-state index in [2.05, 4.69) is 29.1 Å². The lowest BCUT2D eigenvalue weighted by Gasteiger charge is -2.22. The molecule has 0 radical (unpaired) electrons. The molecule has 0 saturated heterocycles. The van der Waals surface area contributed by atoms with Gasteiger partial charge in [-0.25, -0.2) is 4.79 Å². The Balaban J connectivity index is 2.01. The number of benzene rings is 1. The van der Waals surface area contributed by atoms with Crippen LogP contribution >= 0.6 is 0 Å². The fraction of sp³-hybridized carbons (Fsp3) is 0.462. The summed E-state index contributed by atoms with van der Waals surface area (Å²) in [7, 11) is 0. The molecule has 0 aliphatic carbocycles. The van der Waals surface area contributed by atoms with Crippen LogP contribution in [0.15, 0.2) is 23.0 Å². The highest BCUT2D eigenvalue weighted by molar-refractivity contribution is 5.74. The van der Waals surface area contributed by atoms with Crippen LogP contribution in [0.4, 0.5) is 0 Å². The van der Waals surface area contributed by atoms with Crippen molar-refractivity contribution >= 4 is 11.0 Å². The summed E-state index contributed by atoms with van der Waals surface area (Å²) < 4.78 is 0. The van der Waals surface area contributed by atoms with Gasteiger partial charge in [-0.15, -0.1) is 0 Å². The Bertz CT molecular complexity index is 582. The minimum absolute atomic E-state index is 0.104. The van der Waals surface area contributed by atoms with Crippen molar-refractivity contribution in [2.45, 2.75) is 20.4 Å². The molecule has 0 aliphatic rings. The van der Waals surface area contributed by atoms with Crippen LogP contribution in [0, 0.1) is 5.41 Å². The Morgan fingerprint density at radius 2 is 2.00 bits per heavy atom. The zero-order chi connectivity index (χ0) is 13.2. The number of hydrogen-bond donors (Lipinski definition) is 4. The summed E-state index contributed by atoms with van der Waals surface area (Å²) in [5.41, 5.74) is 8.44. The van der Waals surface area contributed by atoms with Crippen molar-refractivity contribution in [2.75, 3.05) is 13.1 Å². The number of aromatic nitrogens is 2. The first-order valence-corrected chi connectivity index (χ1v) is 6.12. The third-order valence-electron chi connectivity index (χ3n) is 3.07. The molecule has 5 heteroatoms. The lowest BCUT2D eigenvalue weighted by Crippen LogP contribution is -2.35. The van der Waals surface area contributed by atoms with Crippen molar-refractivity contribution in [1.29, 1.82) is 0 Å². The van der Waals surface area contributed by atoms with Crippen LogP contribution in [0.2, 0.25) is 0 Å². The lowest BCUT2D eigenvalue weighted by atomic mass is 9.94. The molecule has 0 bridgehead atoms. The SMILES string of the molecule is CC(C)(CN)CNCc1ccc2[nH]c(=O)[nH]c2c1. The Morgan fingerprint density at radius 1 is 1.28 bits per heavy atom. The van der Waals surface area contributed by atoms with Gasteiger partial charge < -0.3 is 21.0 Å². The van der Waals surface area contributed by atoms with E-state index in [0.717, 1.165) is 29.7 Å². The van der Waals surface area contributed by atoms with Crippen LogP contribution in [0.3, 0.4) is 0 Å². The highest BCUT2D eigenvalue weighted by atomic mass is 16.1. The largest absolute Gasteiger partial charge is 0.330 e. The van der Waals surface area contributed by atoms with Gasteiger partial charge in [0.2, 0.25) is 0 Å². The van der Waals surface area contributed by atoms with Gasteiger partial charge in [0.25, 0.3) is 0 Å². The van der Waals surface area contributed by atoms with E-state index >= 15 is 0 Å². The highest BCUT2D eigenvalue weighted by Crippen LogP contribution is 2.12. The second-order valence-corrected chi connectivity index (χ2v) is 5.43. The minimum Gasteiger partial charge on any atom is -0.330 e. The van der Waals surface area contributed by atoms with Gasteiger partial charge in [0.15, 0.2) is 0 Å². The number of fused-ring (bicyclic) bond motifs is 1. The molecular weight excluding hydrogens is 228 g/mol. The summed E-state index contributed by atoms with van der Waals surface area (Å²) in [6, 6.07) is 5.91. The highest BCUT2D eigenvalue weighted by Gasteiger charge is 2.14. The van der Waals surface area contributed by atoms with Crippen LogP contribution < -0.4 is 16.7 Å². The number of nitrogens with two attached hydrogens (primary N) is 1. The monoisotopic (exact) mass is 248 g/mol. The first-order chi connectivity index (χ1) is 8.50. The molecule has 0 aliphatic heterocycles. The third kappa shape index (κ3) is 3.00. The van der Waals surface area contributed by atoms with Crippen molar-refractivity contribution in [2.24, 2.45) is 11.1 Å². The van der Waals surface area contributed by atoms with Gasteiger partial charge >= 0.3 is 5.69 Å². The van der Waals surface area contributed by atoms with E-state index < -0.39 is 0 Å². The van der Waals surface area contributed by atoms with Gasteiger partial charge in [0, 0.05) is 13.1 Å². The van der Waals surface area contributed by atoms with E-state index in [1.54, 1.807) is 0 Å². The van der Waals surface area contributed by atoms with E-state index in [1.165, 1.54) is 0 Å². The molecule has 1 aromatic carbocycles. The first kappa shape index (κ1) is 12.9. The molecule has 0 unspecified atom stereocenters. The molecule has 0 amide bonds. The molecule has 98 valence electrons. The molecule has 1 heterocycles. The minimum atomic E-state index is -0.167. The maximum absolute atomic E-state index is 11.1. The molecule has 0 spiro atoms. The predicted octanol–water partition coefficient (Wildman–Crippen LogP) is 0.931. The summed E-state index contributed by atoms with van der Waals surface area (Å²) in [6.45, 7) is 6.56. The molecular formula is C13H20N4O. The quantitative estimate of drug-likeness (QED) is 0.635. The standard InChI is InChI=1S/C13H20N4O/c1-13(2,7-14)8-15-6-9-3-4-10-11(5-9)17-12(18)16-10/h3-5,15H,6-8,14H2,1-2H3,(H2,16,17,18). The van der Waals surface area contributed by atoms with Crippen LogP contribution in [0.25, 0.3) is 11.0 Å². The summed E-state index contributed by atoms with van der Waals surface area (Å²) >= 11 is 0. The third-order valence-corrected chi connectivity index (χ3v) is 3.07. The summed E-state index contributed by atoms with van der Waals surface area (Å²) in [5, 5.41) is 3.38. The Hall–Kier alpha value is -1.59. The summed E-state index contributed by atoms with van der Waals surface area (Å²) in [4.78, 5) is 16.6. The van der Waals surface area contributed by atoms with Crippen molar-refractivity contribution in [3.63, 3.8) is 0 Å². The molecule has 5 N–H and O–H groups in total. The Kier molecular flexibility index (Phi) is 3.54. The number of hydrogen-bond acceptors (Lipinski definition) is 3. The fourth-order valence-electron chi connectivity index (χ4n) is 1.81. The number of H-pyrrole nitrogens is 2. The Labute approximate surface area is 106 Å². The first-order valence-electron chi connectivity index (χ1n) is 6.12. The smallest absolute Gasteiger partial charge is 0.323 e. The molecule has 5 nitrogen and oxygen atoms in total. The lowest BCUT2D eigenvalue weighted by molar-refractivity contribution is 0.351. The normalized spacial score (nSPS) is 12.2. The van der Waals surface area contributed by atoms with Crippen molar-refractivity contribution in [1.82, 2.24) is 15.3 Å². The van der Waals surface area contributed by atoms with E-state index in [-0.39, 0.29) is 11.1 Å². The number of imidazole rings is 1. The number of nitrogens with one attached hydrogen (secondary N) is 3. The van der Waals surface area contributed by atoms with Gasteiger partial charge in [-0.05, 0) is 29.7 Å². The predicted molar refractivity (Wildman–Crippen MR) is 73.5 cm³/mol. The van der Waals surface area contributed by atoms with Crippen LogP contribution in [-0.4, -0.2) is 23.1 Å². The second kappa shape index (κ2) is 4.96. The van der Waals surface area contributed by atoms with E-state index in [0.29, 0.717) is 6.54 Å². The average Bonchev–Trinajstić information content (AvgIpc) is 2.68. The van der Waals surface area contributed by atoms with Gasteiger partial charge in [0.05, 0.1) is 11.0 Å². The van der Waals surface area contributed by atoms with E-state index in [9.17, 15) is 4.79 Å². The van der Waals surface area contributed by atoms with Crippen molar-refractivity contribution in [3.8, 4) is 0 Å². The molecule has 2 rings (SSSR count). The summed E-state index contributed by atoms with van der Waals surface area (Å²) in [5.74, 6) is 0. The summed E-state index contributed by atoms with van der Waals surface area (Å²) in [6.07, 6.45) is 0. The zero-order valence-corrected chi connectivity index (χ0v) is 10.8. The molecule has 0 atom stereocenters. The topological polar surface area (TPSA) is 86.7 Å².